The molecule has 0 unspecified atom stereocenters. The molecule has 3 rings (SSSR count). The van der Waals surface area contributed by atoms with Gasteiger partial charge in [0.25, 0.3) is 0 Å². The zero-order chi connectivity index (χ0) is 13.9. The van der Waals surface area contributed by atoms with E-state index in [1.807, 2.05) is 48.5 Å². The van der Waals surface area contributed by atoms with Crippen LogP contribution in [0.15, 0.2) is 54.7 Å². The Bertz CT molecular complexity index is 756. The second kappa shape index (κ2) is 5.39. The summed E-state index contributed by atoms with van der Waals surface area (Å²) < 4.78 is 0. The number of nitrogens with one attached hydrogen (secondary N) is 1. The molecule has 0 fully saturated rings. The molecule has 3 N–H and O–H groups in total. The summed E-state index contributed by atoms with van der Waals surface area (Å²) in [6, 6.07) is 15.8. The summed E-state index contributed by atoms with van der Waals surface area (Å²) in [4.78, 5) is 4.11. The number of benzene rings is 2. The number of rotatable bonds is 3. The van der Waals surface area contributed by atoms with Crippen molar-refractivity contribution in [2.24, 2.45) is 0 Å². The van der Waals surface area contributed by atoms with Gasteiger partial charge in [0.1, 0.15) is 5.82 Å². The first kappa shape index (κ1) is 12.8. The molecule has 0 saturated carbocycles. The lowest BCUT2D eigenvalue weighted by Gasteiger charge is -2.09. The minimum absolute atomic E-state index is 0.550. The summed E-state index contributed by atoms with van der Waals surface area (Å²) in [5, 5.41) is 6.16. The van der Waals surface area contributed by atoms with Crippen molar-refractivity contribution in [3.63, 3.8) is 0 Å². The minimum atomic E-state index is 0.550. The van der Waals surface area contributed by atoms with Crippen LogP contribution in [0.1, 0.15) is 5.56 Å². The Morgan fingerprint density at radius 3 is 2.85 bits per heavy atom. The van der Waals surface area contributed by atoms with Crippen LogP contribution in [0.2, 0.25) is 5.02 Å². The van der Waals surface area contributed by atoms with Crippen LogP contribution in [0.25, 0.3) is 10.8 Å². The average Bonchev–Trinajstić information content (AvgIpc) is 2.46. The molecule has 4 heteroatoms. The van der Waals surface area contributed by atoms with Gasteiger partial charge in [-0.25, -0.2) is 4.98 Å². The molecule has 3 aromatic rings. The van der Waals surface area contributed by atoms with Crippen LogP contribution in [-0.2, 0) is 6.54 Å². The summed E-state index contributed by atoms with van der Waals surface area (Å²) in [5.74, 6) is 0.550. The number of halogens is 1. The molecule has 3 nitrogen and oxygen atoms in total. The fourth-order valence-electron chi connectivity index (χ4n) is 2.15. The van der Waals surface area contributed by atoms with Crippen LogP contribution in [0.3, 0.4) is 0 Å². The van der Waals surface area contributed by atoms with Crippen molar-refractivity contribution in [1.82, 2.24) is 4.98 Å². The van der Waals surface area contributed by atoms with Gasteiger partial charge in [-0.15, -0.1) is 0 Å². The van der Waals surface area contributed by atoms with Gasteiger partial charge >= 0.3 is 0 Å². The summed E-state index contributed by atoms with van der Waals surface area (Å²) >= 11 is 5.97. The number of nitrogen functional groups attached to an aromatic ring is 1. The largest absolute Gasteiger partial charge is 0.383 e. The Labute approximate surface area is 122 Å². The van der Waals surface area contributed by atoms with Crippen molar-refractivity contribution in [2.45, 2.75) is 6.54 Å². The van der Waals surface area contributed by atoms with E-state index < -0.39 is 0 Å². The maximum atomic E-state index is 5.97. The van der Waals surface area contributed by atoms with E-state index >= 15 is 0 Å². The fourth-order valence-corrected chi connectivity index (χ4v) is 2.36. The highest BCUT2D eigenvalue weighted by atomic mass is 35.5. The molecule has 0 saturated heterocycles. The molecule has 0 radical (unpaired) electrons. The SMILES string of the molecule is Nc1nccc2ccc(NCc3cccc(Cl)c3)cc12. The van der Waals surface area contributed by atoms with Crippen molar-refractivity contribution in [2.75, 3.05) is 11.1 Å². The third-order valence-electron chi connectivity index (χ3n) is 3.18. The summed E-state index contributed by atoms with van der Waals surface area (Å²) in [6.45, 7) is 0.715. The third-order valence-corrected chi connectivity index (χ3v) is 3.42. The van der Waals surface area contributed by atoms with Crippen LogP contribution in [-0.4, -0.2) is 4.98 Å². The van der Waals surface area contributed by atoms with E-state index in [1.54, 1.807) is 6.20 Å². The van der Waals surface area contributed by atoms with E-state index in [-0.39, 0.29) is 0 Å². The van der Waals surface area contributed by atoms with Crippen LogP contribution in [0, 0.1) is 0 Å². The molecular weight excluding hydrogens is 270 g/mol. The molecule has 0 spiro atoms. The molecule has 20 heavy (non-hydrogen) atoms. The van der Waals surface area contributed by atoms with Crippen molar-refractivity contribution in [3.8, 4) is 0 Å². The molecule has 0 atom stereocenters. The lowest BCUT2D eigenvalue weighted by atomic mass is 10.1. The first-order valence-electron chi connectivity index (χ1n) is 6.35. The van der Waals surface area contributed by atoms with Crippen molar-refractivity contribution in [1.29, 1.82) is 0 Å². The van der Waals surface area contributed by atoms with Gasteiger partial charge in [0.15, 0.2) is 0 Å². The Kier molecular flexibility index (Phi) is 3.44. The van der Waals surface area contributed by atoms with Gasteiger partial charge in [0, 0.05) is 28.8 Å². The second-order valence-corrected chi connectivity index (χ2v) is 5.05. The summed E-state index contributed by atoms with van der Waals surface area (Å²) in [7, 11) is 0. The Morgan fingerprint density at radius 1 is 1.10 bits per heavy atom. The summed E-state index contributed by atoms with van der Waals surface area (Å²) in [6.07, 6.45) is 1.72. The van der Waals surface area contributed by atoms with Gasteiger partial charge in [-0.1, -0.05) is 29.8 Å². The highest BCUT2D eigenvalue weighted by molar-refractivity contribution is 6.30. The predicted molar refractivity (Wildman–Crippen MR) is 84.9 cm³/mol. The van der Waals surface area contributed by atoms with E-state index in [1.165, 1.54) is 0 Å². The first-order chi connectivity index (χ1) is 9.72. The topological polar surface area (TPSA) is 50.9 Å². The molecule has 0 aliphatic heterocycles. The molecule has 1 aromatic heterocycles. The predicted octanol–water partition coefficient (Wildman–Crippen LogP) is 4.08. The zero-order valence-corrected chi connectivity index (χ0v) is 11.6. The monoisotopic (exact) mass is 283 g/mol. The zero-order valence-electron chi connectivity index (χ0n) is 10.8. The lowest BCUT2D eigenvalue weighted by Crippen LogP contribution is -1.99. The Hall–Kier alpha value is -2.26. The molecule has 0 amide bonds. The van der Waals surface area contributed by atoms with Gasteiger partial charge in [0.2, 0.25) is 0 Å². The van der Waals surface area contributed by atoms with E-state index in [4.69, 9.17) is 17.3 Å². The highest BCUT2D eigenvalue weighted by Crippen LogP contribution is 2.23. The fraction of sp³-hybridized carbons (Fsp3) is 0.0625. The van der Waals surface area contributed by atoms with Gasteiger partial charge in [0.05, 0.1) is 0 Å². The summed E-state index contributed by atoms with van der Waals surface area (Å²) in [5.41, 5.74) is 8.04. The van der Waals surface area contributed by atoms with Gasteiger partial charge in [-0.2, -0.15) is 0 Å². The maximum absolute atomic E-state index is 5.97. The van der Waals surface area contributed by atoms with Crippen molar-refractivity contribution < 1.29 is 0 Å². The van der Waals surface area contributed by atoms with Crippen molar-refractivity contribution >= 4 is 33.9 Å². The maximum Gasteiger partial charge on any atom is 0.131 e. The van der Waals surface area contributed by atoms with Gasteiger partial charge < -0.3 is 11.1 Å². The number of nitrogens with zero attached hydrogens (tertiary/aromatic N) is 1. The standard InChI is InChI=1S/C16H14ClN3/c17-13-3-1-2-11(8-13)10-20-14-5-4-12-6-7-19-16(18)15(12)9-14/h1-9,20H,10H2,(H2,18,19). The molecule has 1 heterocycles. The van der Waals surface area contributed by atoms with Gasteiger partial charge in [-0.3, -0.25) is 0 Å². The van der Waals surface area contributed by atoms with E-state index in [2.05, 4.69) is 10.3 Å². The smallest absolute Gasteiger partial charge is 0.131 e. The third kappa shape index (κ3) is 2.68. The Balaban J connectivity index is 1.83. The second-order valence-electron chi connectivity index (χ2n) is 4.62. The quantitative estimate of drug-likeness (QED) is 0.761. The molecule has 0 aliphatic rings. The molecule has 100 valence electrons. The van der Waals surface area contributed by atoms with Crippen LogP contribution in [0.5, 0.6) is 0 Å². The van der Waals surface area contributed by atoms with E-state index in [9.17, 15) is 0 Å². The number of fused-ring (bicyclic) bond motifs is 1. The normalized spacial score (nSPS) is 10.7. The first-order valence-corrected chi connectivity index (χ1v) is 6.73. The van der Waals surface area contributed by atoms with E-state index in [0.29, 0.717) is 12.4 Å². The number of anilines is 2. The molecule has 0 aliphatic carbocycles. The van der Waals surface area contributed by atoms with Gasteiger partial charge in [-0.05, 0) is 41.3 Å². The minimum Gasteiger partial charge on any atom is -0.383 e. The highest BCUT2D eigenvalue weighted by Gasteiger charge is 2.01. The molecular formula is C16H14ClN3. The number of aromatic nitrogens is 1. The van der Waals surface area contributed by atoms with Crippen LogP contribution in [0.4, 0.5) is 11.5 Å². The number of pyridine rings is 1. The average molecular weight is 284 g/mol. The van der Waals surface area contributed by atoms with Crippen LogP contribution < -0.4 is 11.1 Å². The number of nitrogens with two attached hydrogens (primary N) is 1. The molecule has 2 aromatic carbocycles. The number of hydrogen-bond donors (Lipinski definition) is 2. The van der Waals surface area contributed by atoms with E-state index in [0.717, 1.165) is 27.0 Å². The van der Waals surface area contributed by atoms with Crippen molar-refractivity contribution in [3.05, 3.63) is 65.3 Å². The number of hydrogen-bond acceptors (Lipinski definition) is 3. The van der Waals surface area contributed by atoms with Crippen LogP contribution >= 0.6 is 11.6 Å². The molecule has 0 bridgehead atoms. The Morgan fingerprint density at radius 2 is 2.00 bits per heavy atom. The lowest BCUT2D eigenvalue weighted by molar-refractivity contribution is 1.15.